The Balaban J connectivity index is 1.60. The van der Waals surface area contributed by atoms with Crippen LogP contribution in [0.3, 0.4) is 0 Å². The molecule has 24 heavy (non-hydrogen) atoms. The highest BCUT2D eigenvalue weighted by atomic mass is 16.5. The van der Waals surface area contributed by atoms with E-state index in [1.54, 1.807) is 25.3 Å². The maximum atomic E-state index is 12.2. The third-order valence-electron chi connectivity index (χ3n) is 3.74. The van der Waals surface area contributed by atoms with Crippen LogP contribution in [-0.4, -0.2) is 29.9 Å². The number of carbonyl (C=O) groups excluding carboxylic acids is 2. The number of rotatable bonds is 6. The molecule has 1 aromatic heterocycles. The van der Waals surface area contributed by atoms with Crippen molar-refractivity contribution in [2.75, 3.05) is 7.11 Å². The van der Waals surface area contributed by atoms with Crippen LogP contribution in [0, 0.1) is 0 Å². The van der Waals surface area contributed by atoms with Gasteiger partial charge in [-0.25, -0.2) is 4.98 Å². The lowest BCUT2D eigenvalue weighted by Gasteiger charge is -2.07. The first-order valence-electron chi connectivity index (χ1n) is 7.85. The monoisotopic (exact) mass is 325 g/mol. The number of nitrogens with zero attached hydrogens (tertiary/aromatic N) is 1. The standard InChI is InChI=1S/C18H19N3O3/c1-24-14-9-5-12(6-10-14)11-19-17(22)15-3-2-4-16(21-15)18(23)20-13-7-8-13/h2-6,9-10,13H,7-8,11H2,1H3,(H,19,22)(H,20,23). The van der Waals surface area contributed by atoms with Crippen molar-refractivity contribution in [3.05, 3.63) is 59.4 Å². The van der Waals surface area contributed by atoms with Gasteiger partial charge in [-0.05, 0) is 42.7 Å². The first-order chi connectivity index (χ1) is 11.7. The molecule has 0 bridgehead atoms. The van der Waals surface area contributed by atoms with Crippen molar-refractivity contribution in [1.82, 2.24) is 15.6 Å². The van der Waals surface area contributed by atoms with Gasteiger partial charge in [0.25, 0.3) is 11.8 Å². The van der Waals surface area contributed by atoms with Crippen molar-refractivity contribution in [2.24, 2.45) is 0 Å². The van der Waals surface area contributed by atoms with E-state index in [1.165, 1.54) is 0 Å². The summed E-state index contributed by atoms with van der Waals surface area (Å²) in [6.07, 6.45) is 2.02. The van der Waals surface area contributed by atoms with Crippen LogP contribution in [0.5, 0.6) is 5.75 Å². The van der Waals surface area contributed by atoms with Gasteiger partial charge in [0, 0.05) is 12.6 Å². The minimum absolute atomic E-state index is 0.229. The second-order valence-electron chi connectivity index (χ2n) is 5.69. The second kappa shape index (κ2) is 7.12. The average molecular weight is 325 g/mol. The molecular weight excluding hydrogens is 306 g/mol. The molecule has 0 aliphatic heterocycles. The number of amides is 2. The Bertz CT molecular complexity index is 739. The van der Waals surface area contributed by atoms with Crippen LogP contribution < -0.4 is 15.4 Å². The van der Waals surface area contributed by atoms with Crippen LogP contribution in [-0.2, 0) is 6.54 Å². The molecule has 2 amide bonds. The normalized spacial score (nSPS) is 13.2. The predicted octanol–water partition coefficient (Wildman–Crippen LogP) is 1.91. The van der Waals surface area contributed by atoms with Crippen LogP contribution in [0.2, 0.25) is 0 Å². The SMILES string of the molecule is COc1ccc(CNC(=O)c2cccc(C(=O)NC3CC3)n2)cc1. The third kappa shape index (κ3) is 4.10. The molecule has 3 rings (SSSR count). The van der Waals surface area contributed by atoms with E-state index >= 15 is 0 Å². The highest BCUT2D eigenvalue weighted by Gasteiger charge is 2.24. The smallest absolute Gasteiger partial charge is 0.270 e. The number of methoxy groups -OCH3 is 1. The number of ether oxygens (including phenoxy) is 1. The number of benzene rings is 1. The molecule has 1 aliphatic carbocycles. The van der Waals surface area contributed by atoms with Gasteiger partial charge in [-0.15, -0.1) is 0 Å². The third-order valence-corrected chi connectivity index (χ3v) is 3.74. The van der Waals surface area contributed by atoms with E-state index in [1.807, 2.05) is 24.3 Å². The van der Waals surface area contributed by atoms with E-state index in [0.29, 0.717) is 6.54 Å². The first-order valence-corrected chi connectivity index (χ1v) is 7.85. The van der Waals surface area contributed by atoms with Gasteiger partial charge in [-0.3, -0.25) is 9.59 Å². The van der Waals surface area contributed by atoms with Crippen molar-refractivity contribution < 1.29 is 14.3 Å². The highest BCUT2D eigenvalue weighted by molar-refractivity contribution is 5.96. The molecule has 1 aliphatic rings. The first kappa shape index (κ1) is 16.0. The van der Waals surface area contributed by atoms with Crippen molar-refractivity contribution in [3.8, 4) is 5.75 Å². The largest absolute Gasteiger partial charge is 0.497 e. The molecule has 0 saturated heterocycles. The summed E-state index contributed by atoms with van der Waals surface area (Å²) in [4.78, 5) is 28.4. The number of hydrogen-bond acceptors (Lipinski definition) is 4. The molecule has 1 saturated carbocycles. The lowest BCUT2D eigenvalue weighted by atomic mass is 10.2. The quantitative estimate of drug-likeness (QED) is 0.850. The summed E-state index contributed by atoms with van der Waals surface area (Å²) in [7, 11) is 1.61. The van der Waals surface area contributed by atoms with E-state index in [2.05, 4.69) is 15.6 Å². The number of carbonyl (C=O) groups is 2. The van der Waals surface area contributed by atoms with Gasteiger partial charge in [-0.2, -0.15) is 0 Å². The Labute approximate surface area is 140 Å². The second-order valence-corrected chi connectivity index (χ2v) is 5.69. The Kier molecular flexibility index (Phi) is 4.74. The lowest BCUT2D eigenvalue weighted by Crippen LogP contribution is -2.28. The molecule has 1 fully saturated rings. The van der Waals surface area contributed by atoms with Gasteiger partial charge in [0.1, 0.15) is 17.1 Å². The summed E-state index contributed by atoms with van der Waals surface area (Å²) >= 11 is 0. The summed E-state index contributed by atoms with van der Waals surface area (Å²) in [6, 6.07) is 12.6. The molecule has 0 spiro atoms. The van der Waals surface area contributed by atoms with Crippen LogP contribution in [0.1, 0.15) is 39.4 Å². The van der Waals surface area contributed by atoms with Crippen molar-refractivity contribution >= 4 is 11.8 Å². The van der Waals surface area contributed by atoms with Crippen molar-refractivity contribution in [2.45, 2.75) is 25.4 Å². The fraction of sp³-hybridized carbons (Fsp3) is 0.278. The molecule has 2 aromatic rings. The molecule has 1 heterocycles. The van der Waals surface area contributed by atoms with E-state index in [-0.39, 0.29) is 29.2 Å². The van der Waals surface area contributed by atoms with Gasteiger partial charge >= 0.3 is 0 Å². The Morgan fingerprint density at radius 1 is 1.08 bits per heavy atom. The zero-order chi connectivity index (χ0) is 16.9. The Morgan fingerprint density at radius 2 is 1.75 bits per heavy atom. The van der Waals surface area contributed by atoms with Crippen LogP contribution in [0.25, 0.3) is 0 Å². The molecule has 6 nitrogen and oxygen atoms in total. The summed E-state index contributed by atoms with van der Waals surface area (Å²) in [6.45, 7) is 0.378. The van der Waals surface area contributed by atoms with E-state index in [0.717, 1.165) is 24.2 Å². The number of aromatic nitrogens is 1. The molecular formula is C18H19N3O3. The average Bonchev–Trinajstić information content (AvgIpc) is 3.44. The maximum Gasteiger partial charge on any atom is 0.270 e. The molecule has 2 N–H and O–H groups in total. The van der Waals surface area contributed by atoms with Crippen LogP contribution >= 0.6 is 0 Å². The van der Waals surface area contributed by atoms with Crippen molar-refractivity contribution in [1.29, 1.82) is 0 Å². The Hall–Kier alpha value is -2.89. The van der Waals surface area contributed by atoms with E-state index in [9.17, 15) is 9.59 Å². The van der Waals surface area contributed by atoms with Gasteiger partial charge in [0.05, 0.1) is 7.11 Å². The summed E-state index contributed by atoms with van der Waals surface area (Å²) < 4.78 is 5.10. The lowest BCUT2D eigenvalue weighted by molar-refractivity contribution is 0.0942. The van der Waals surface area contributed by atoms with Crippen LogP contribution in [0.4, 0.5) is 0 Å². The fourth-order valence-corrected chi connectivity index (χ4v) is 2.19. The zero-order valence-corrected chi connectivity index (χ0v) is 13.4. The Morgan fingerprint density at radius 3 is 2.38 bits per heavy atom. The van der Waals surface area contributed by atoms with Crippen LogP contribution in [0.15, 0.2) is 42.5 Å². The van der Waals surface area contributed by atoms with E-state index < -0.39 is 0 Å². The summed E-state index contributed by atoms with van der Waals surface area (Å²) in [5.41, 5.74) is 1.44. The molecule has 124 valence electrons. The van der Waals surface area contributed by atoms with Gasteiger partial charge in [-0.1, -0.05) is 18.2 Å². The topological polar surface area (TPSA) is 80.3 Å². The summed E-state index contributed by atoms with van der Waals surface area (Å²) in [5, 5.41) is 5.66. The molecule has 0 atom stereocenters. The van der Waals surface area contributed by atoms with Crippen molar-refractivity contribution in [3.63, 3.8) is 0 Å². The molecule has 0 unspecified atom stereocenters. The zero-order valence-electron chi connectivity index (χ0n) is 13.4. The predicted molar refractivity (Wildman–Crippen MR) is 88.9 cm³/mol. The van der Waals surface area contributed by atoms with Gasteiger partial charge in [0.2, 0.25) is 0 Å². The maximum absolute atomic E-state index is 12.2. The minimum Gasteiger partial charge on any atom is -0.497 e. The number of hydrogen-bond donors (Lipinski definition) is 2. The van der Waals surface area contributed by atoms with E-state index in [4.69, 9.17) is 4.74 Å². The molecule has 0 radical (unpaired) electrons. The number of nitrogens with one attached hydrogen (secondary N) is 2. The van der Waals surface area contributed by atoms with Gasteiger partial charge in [0.15, 0.2) is 0 Å². The molecule has 6 heteroatoms. The van der Waals surface area contributed by atoms with Gasteiger partial charge < -0.3 is 15.4 Å². The summed E-state index contributed by atoms with van der Waals surface area (Å²) in [5.74, 6) is 0.218. The number of pyridine rings is 1. The highest BCUT2D eigenvalue weighted by Crippen LogP contribution is 2.19. The minimum atomic E-state index is -0.313. The molecule has 1 aromatic carbocycles. The fourth-order valence-electron chi connectivity index (χ4n) is 2.19.